The zero-order valence-electron chi connectivity index (χ0n) is 9.97. The first-order valence-electron chi connectivity index (χ1n) is 5.97. The van der Waals surface area contributed by atoms with E-state index < -0.39 is 41.3 Å². The van der Waals surface area contributed by atoms with E-state index in [1.165, 1.54) is 0 Å². The molecule has 1 saturated carbocycles. The number of hydrogen-bond acceptors (Lipinski definition) is 1. The molecule has 0 bridgehead atoms. The Morgan fingerprint density at radius 2 is 1.74 bits per heavy atom. The molecule has 1 fully saturated rings. The average molecular weight is 280 g/mol. The lowest BCUT2D eigenvalue weighted by Crippen LogP contribution is -2.39. The highest BCUT2D eigenvalue weighted by Gasteiger charge is 2.49. The molecule has 0 aliphatic heterocycles. The van der Waals surface area contributed by atoms with Gasteiger partial charge in [0.15, 0.2) is 0 Å². The fourth-order valence-electron chi connectivity index (χ4n) is 2.70. The summed E-state index contributed by atoms with van der Waals surface area (Å²) >= 11 is 0. The fraction of sp³-hybridized carbons (Fsp3) is 0.538. The topological polar surface area (TPSA) is 20.2 Å². The van der Waals surface area contributed by atoms with Gasteiger partial charge in [-0.1, -0.05) is 6.07 Å². The molecule has 106 valence electrons. The molecular formula is C13H13F5O. The van der Waals surface area contributed by atoms with Crippen LogP contribution in [0.3, 0.4) is 0 Å². The minimum Gasteiger partial charge on any atom is -0.385 e. The maximum atomic E-state index is 13.6. The van der Waals surface area contributed by atoms with Gasteiger partial charge in [-0.3, -0.25) is 0 Å². The monoisotopic (exact) mass is 280 g/mol. The highest BCUT2D eigenvalue weighted by atomic mass is 19.4. The van der Waals surface area contributed by atoms with E-state index in [1.807, 2.05) is 0 Å². The number of aliphatic hydroxyl groups is 1. The third-order valence-corrected chi connectivity index (χ3v) is 3.62. The molecule has 0 saturated heterocycles. The molecule has 0 spiro atoms. The van der Waals surface area contributed by atoms with Crippen molar-refractivity contribution in [1.82, 2.24) is 0 Å². The number of hydrogen-bond donors (Lipinski definition) is 1. The van der Waals surface area contributed by atoms with Gasteiger partial charge in [0, 0.05) is 0 Å². The summed E-state index contributed by atoms with van der Waals surface area (Å²) in [7, 11) is 0. The van der Waals surface area contributed by atoms with Gasteiger partial charge in [-0.15, -0.1) is 0 Å². The van der Waals surface area contributed by atoms with Gasteiger partial charge in [0.2, 0.25) is 0 Å². The molecule has 6 heteroatoms. The van der Waals surface area contributed by atoms with Crippen LogP contribution in [0.15, 0.2) is 18.2 Å². The molecule has 1 aliphatic rings. The second-order valence-electron chi connectivity index (χ2n) is 4.96. The second-order valence-corrected chi connectivity index (χ2v) is 4.96. The SMILES string of the molecule is OC1(c2c(F)cccc2F)CCCC(C(F)(F)F)C1. The van der Waals surface area contributed by atoms with E-state index in [4.69, 9.17) is 0 Å². The van der Waals surface area contributed by atoms with Crippen molar-refractivity contribution in [2.75, 3.05) is 0 Å². The summed E-state index contributed by atoms with van der Waals surface area (Å²) in [5, 5.41) is 10.3. The summed E-state index contributed by atoms with van der Waals surface area (Å²) in [6, 6.07) is 2.99. The lowest BCUT2D eigenvalue weighted by molar-refractivity contribution is -0.202. The summed E-state index contributed by atoms with van der Waals surface area (Å²) in [5.74, 6) is -3.75. The van der Waals surface area contributed by atoms with Crippen molar-refractivity contribution >= 4 is 0 Å². The molecule has 0 heterocycles. The van der Waals surface area contributed by atoms with Gasteiger partial charge in [-0.2, -0.15) is 13.2 Å². The van der Waals surface area contributed by atoms with Gasteiger partial charge in [0.1, 0.15) is 11.6 Å². The third-order valence-electron chi connectivity index (χ3n) is 3.62. The quantitative estimate of drug-likeness (QED) is 0.773. The van der Waals surface area contributed by atoms with Crippen LogP contribution in [0.2, 0.25) is 0 Å². The molecule has 1 aliphatic carbocycles. The molecular weight excluding hydrogens is 267 g/mol. The van der Waals surface area contributed by atoms with Crippen molar-refractivity contribution < 1.29 is 27.1 Å². The van der Waals surface area contributed by atoms with E-state index in [0.29, 0.717) is 0 Å². The normalized spacial score (nSPS) is 28.4. The number of halogens is 5. The smallest absolute Gasteiger partial charge is 0.385 e. The Bertz CT molecular complexity index is 450. The van der Waals surface area contributed by atoms with Crippen LogP contribution in [0.1, 0.15) is 31.2 Å². The van der Waals surface area contributed by atoms with E-state index in [0.717, 1.165) is 18.2 Å². The zero-order valence-corrected chi connectivity index (χ0v) is 9.97. The Morgan fingerprint density at radius 1 is 1.16 bits per heavy atom. The van der Waals surface area contributed by atoms with E-state index in [9.17, 15) is 27.1 Å². The van der Waals surface area contributed by atoms with Crippen molar-refractivity contribution in [2.24, 2.45) is 5.92 Å². The summed E-state index contributed by atoms with van der Waals surface area (Å²) in [4.78, 5) is 0. The van der Waals surface area contributed by atoms with Gasteiger partial charge in [-0.05, 0) is 37.8 Å². The Labute approximate surface area is 107 Å². The zero-order chi connectivity index (χ0) is 14.3. The lowest BCUT2D eigenvalue weighted by Gasteiger charge is -2.38. The molecule has 0 aromatic heterocycles. The lowest BCUT2D eigenvalue weighted by atomic mass is 9.74. The fourth-order valence-corrected chi connectivity index (χ4v) is 2.70. The molecule has 2 atom stereocenters. The van der Waals surface area contributed by atoms with Crippen LogP contribution in [0.4, 0.5) is 22.0 Å². The molecule has 0 radical (unpaired) electrons. The molecule has 19 heavy (non-hydrogen) atoms. The van der Waals surface area contributed by atoms with E-state index >= 15 is 0 Å². The highest BCUT2D eigenvalue weighted by molar-refractivity contribution is 5.27. The molecule has 0 amide bonds. The van der Waals surface area contributed by atoms with Crippen molar-refractivity contribution in [3.05, 3.63) is 35.4 Å². The van der Waals surface area contributed by atoms with Crippen LogP contribution in [-0.4, -0.2) is 11.3 Å². The summed E-state index contributed by atoms with van der Waals surface area (Å²) in [5.41, 5.74) is -2.74. The summed E-state index contributed by atoms with van der Waals surface area (Å²) in [6.45, 7) is 0. The standard InChI is InChI=1S/C13H13F5O/c14-9-4-1-5-10(15)11(9)12(19)6-2-3-8(7-12)13(16,17)18/h1,4-5,8,19H,2-3,6-7H2. The first-order valence-corrected chi connectivity index (χ1v) is 5.97. The average Bonchev–Trinajstić information content (AvgIpc) is 2.27. The predicted octanol–water partition coefficient (Wildman–Crippen LogP) is 3.90. The second kappa shape index (κ2) is 4.74. The van der Waals surface area contributed by atoms with Crippen molar-refractivity contribution in [2.45, 2.75) is 37.5 Å². The van der Waals surface area contributed by atoms with E-state index in [2.05, 4.69) is 0 Å². The van der Waals surface area contributed by atoms with Gasteiger partial charge < -0.3 is 5.11 Å². The van der Waals surface area contributed by atoms with Crippen LogP contribution in [0, 0.1) is 17.6 Å². The van der Waals surface area contributed by atoms with Crippen LogP contribution in [-0.2, 0) is 5.60 Å². The Balaban J connectivity index is 2.37. The Kier molecular flexibility index (Phi) is 3.55. The van der Waals surface area contributed by atoms with Crippen molar-refractivity contribution in [3.63, 3.8) is 0 Å². The summed E-state index contributed by atoms with van der Waals surface area (Å²) in [6.07, 6.45) is -5.28. The van der Waals surface area contributed by atoms with Gasteiger partial charge in [0.05, 0.1) is 17.1 Å². The number of benzene rings is 1. The molecule has 1 N–H and O–H groups in total. The molecule has 2 unspecified atom stereocenters. The molecule has 2 rings (SSSR count). The third kappa shape index (κ3) is 2.73. The van der Waals surface area contributed by atoms with Gasteiger partial charge in [-0.25, -0.2) is 8.78 Å². The molecule has 1 aromatic carbocycles. The Hall–Kier alpha value is -1.17. The van der Waals surface area contributed by atoms with Crippen LogP contribution >= 0.6 is 0 Å². The Morgan fingerprint density at radius 3 is 2.26 bits per heavy atom. The van der Waals surface area contributed by atoms with Gasteiger partial charge >= 0.3 is 6.18 Å². The maximum absolute atomic E-state index is 13.6. The predicted molar refractivity (Wildman–Crippen MR) is 58.3 cm³/mol. The van der Waals surface area contributed by atoms with Crippen LogP contribution < -0.4 is 0 Å². The van der Waals surface area contributed by atoms with E-state index in [1.54, 1.807) is 0 Å². The first-order chi connectivity index (χ1) is 8.74. The largest absolute Gasteiger partial charge is 0.391 e. The van der Waals surface area contributed by atoms with Crippen LogP contribution in [0.25, 0.3) is 0 Å². The maximum Gasteiger partial charge on any atom is 0.391 e. The van der Waals surface area contributed by atoms with Crippen LogP contribution in [0.5, 0.6) is 0 Å². The number of alkyl halides is 3. The highest BCUT2D eigenvalue weighted by Crippen LogP contribution is 2.47. The van der Waals surface area contributed by atoms with E-state index in [-0.39, 0.29) is 19.3 Å². The van der Waals surface area contributed by atoms with Crippen molar-refractivity contribution in [3.8, 4) is 0 Å². The van der Waals surface area contributed by atoms with Crippen molar-refractivity contribution in [1.29, 1.82) is 0 Å². The summed E-state index contributed by atoms with van der Waals surface area (Å²) < 4.78 is 65.4. The minimum atomic E-state index is -4.46. The minimum absolute atomic E-state index is 0.0720. The first kappa shape index (κ1) is 14.2. The number of rotatable bonds is 1. The molecule has 1 aromatic rings. The molecule has 1 nitrogen and oxygen atoms in total. The van der Waals surface area contributed by atoms with Gasteiger partial charge in [0.25, 0.3) is 0 Å².